The van der Waals surface area contributed by atoms with Gasteiger partial charge in [0.2, 0.25) is 5.91 Å². The van der Waals surface area contributed by atoms with Crippen LogP contribution in [-0.4, -0.2) is 47.6 Å². The minimum atomic E-state index is -0.898. The molecule has 1 atom stereocenters. The highest BCUT2D eigenvalue weighted by molar-refractivity contribution is 5.85. The molecule has 1 amide bonds. The first kappa shape index (κ1) is 18.6. The fourth-order valence-electron chi connectivity index (χ4n) is 1.35. The second kappa shape index (κ2) is 10.4. The number of nitrogens with zero attached hydrogens (tertiary/aromatic N) is 1. The van der Waals surface area contributed by atoms with E-state index in [1.807, 2.05) is 20.8 Å². The number of carboxylic acid groups (broad SMARTS) is 1. The zero-order chi connectivity index (χ0) is 12.6. The standard InChI is InChI=1S/C11H22N2O3.ClH/c1-4-6-13(8-11(15)16)7-10(14)12-9(3)5-2;/h9H,4-8H2,1-3H3,(H,12,14)(H,15,16);1H. The molecule has 0 saturated carbocycles. The van der Waals surface area contributed by atoms with Gasteiger partial charge in [-0.2, -0.15) is 0 Å². The number of aliphatic carboxylic acids is 1. The number of halogens is 1. The number of carboxylic acids is 1. The topological polar surface area (TPSA) is 69.6 Å². The number of nitrogens with one attached hydrogen (secondary N) is 1. The van der Waals surface area contributed by atoms with Gasteiger partial charge in [-0.15, -0.1) is 12.4 Å². The van der Waals surface area contributed by atoms with Crippen molar-refractivity contribution in [2.45, 2.75) is 39.7 Å². The van der Waals surface area contributed by atoms with E-state index in [1.165, 1.54) is 0 Å². The molecule has 0 radical (unpaired) electrons. The van der Waals surface area contributed by atoms with Crippen LogP contribution in [0.15, 0.2) is 0 Å². The predicted octanol–water partition coefficient (Wildman–Crippen LogP) is 1.12. The molecule has 17 heavy (non-hydrogen) atoms. The van der Waals surface area contributed by atoms with Crippen LogP contribution in [-0.2, 0) is 9.59 Å². The molecule has 0 aromatic carbocycles. The van der Waals surface area contributed by atoms with E-state index in [4.69, 9.17) is 5.11 Å². The summed E-state index contributed by atoms with van der Waals surface area (Å²) in [5, 5.41) is 11.5. The Bertz CT molecular complexity index is 237. The number of hydrogen-bond acceptors (Lipinski definition) is 3. The van der Waals surface area contributed by atoms with Crippen molar-refractivity contribution in [3.63, 3.8) is 0 Å². The largest absolute Gasteiger partial charge is 0.480 e. The van der Waals surface area contributed by atoms with Gasteiger partial charge in [0.25, 0.3) is 0 Å². The molecular weight excluding hydrogens is 244 g/mol. The molecule has 0 spiro atoms. The molecule has 0 fully saturated rings. The van der Waals surface area contributed by atoms with Crippen LogP contribution in [0, 0.1) is 0 Å². The van der Waals surface area contributed by atoms with Gasteiger partial charge in [0.1, 0.15) is 0 Å². The van der Waals surface area contributed by atoms with Crippen LogP contribution in [0.2, 0.25) is 0 Å². The van der Waals surface area contributed by atoms with Gasteiger partial charge in [-0.3, -0.25) is 14.5 Å². The molecule has 102 valence electrons. The van der Waals surface area contributed by atoms with Crippen molar-refractivity contribution in [3.8, 4) is 0 Å². The molecule has 0 saturated heterocycles. The molecule has 0 aliphatic heterocycles. The van der Waals surface area contributed by atoms with Crippen molar-refractivity contribution < 1.29 is 14.7 Å². The van der Waals surface area contributed by atoms with Crippen molar-refractivity contribution in [3.05, 3.63) is 0 Å². The van der Waals surface area contributed by atoms with Crippen LogP contribution in [0.1, 0.15) is 33.6 Å². The van der Waals surface area contributed by atoms with Crippen molar-refractivity contribution in [1.29, 1.82) is 0 Å². The number of carbonyl (C=O) groups excluding carboxylic acids is 1. The Balaban J connectivity index is 0. The Morgan fingerprint density at radius 3 is 2.29 bits per heavy atom. The highest BCUT2D eigenvalue weighted by Crippen LogP contribution is 1.93. The first-order valence-electron chi connectivity index (χ1n) is 5.73. The van der Waals surface area contributed by atoms with Crippen molar-refractivity contribution >= 4 is 24.3 Å². The number of rotatable bonds is 8. The monoisotopic (exact) mass is 266 g/mol. The van der Waals surface area contributed by atoms with Gasteiger partial charge in [-0.1, -0.05) is 13.8 Å². The van der Waals surface area contributed by atoms with E-state index >= 15 is 0 Å². The summed E-state index contributed by atoms with van der Waals surface area (Å²) in [5.41, 5.74) is 0. The van der Waals surface area contributed by atoms with Gasteiger partial charge in [0.05, 0.1) is 13.1 Å². The van der Waals surface area contributed by atoms with Gasteiger partial charge in [0.15, 0.2) is 0 Å². The highest BCUT2D eigenvalue weighted by atomic mass is 35.5. The van der Waals surface area contributed by atoms with Crippen molar-refractivity contribution in [2.24, 2.45) is 0 Å². The number of amides is 1. The maximum absolute atomic E-state index is 11.5. The van der Waals surface area contributed by atoms with Crippen LogP contribution >= 0.6 is 12.4 Å². The molecule has 0 aromatic heterocycles. The Hall–Kier alpha value is -0.810. The van der Waals surface area contributed by atoms with E-state index in [0.717, 1.165) is 12.8 Å². The highest BCUT2D eigenvalue weighted by Gasteiger charge is 2.13. The lowest BCUT2D eigenvalue weighted by atomic mass is 10.2. The van der Waals surface area contributed by atoms with Gasteiger partial charge in [-0.25, -0.2) is 0 Å². The maximum atomic E-state index is 11.5. The van der Waals surface area contributed by atoms with E-state index in [1.54, 1.807) is 4.90 Å². The molecule has 0 aromatic rings. The van der Waals surface area contributed by atoms with Crippen LogP contribution in [0.5, 0.6) is 0 Å². The van der Waals surface area contributed by atoms with E-state index in [0.29, 0.717) is 6.54 Å². The van der Waals surface area contributed by atoms with Crippen LogP contribution in [0.25, 0.3) is 0 Å². The van der Waals surface area contributed by atoms with E-state index in [2.05, 4.69) is 5.32 Å². The second-order valence-electron chi connectivity index (χ2n) is 3.98. The van der Waals surface area contributed by atoms with Crippen molar-refractivity contribution in [1.82, 2.24) is 10.2 Å². The second-order valence-corrected chi connectivity index (χ2v) is 3.98. The lowest BCUT2D eigenvalue weighted by Crippen LogP contribution is -2.42. The normalized spacial score (nSPS) is 11.8. The Morgan fingerprint density at radius 2 is 1.88 bits per heavy atom. The van der Waals surface area contributed by atoms with Gasteiger partial charge < -0.3 is 10.4 Å². The predicted molar refractivity (Wildman–Crippen MR) is 69.5 cm³/mol. The van der Waals surface area contributed by atoms with Gasteiger partial charge >= 0.3 is 5.97 Å². The van der Waals surface area contributed by atoms with Crippen LogP contribution in [0.4, 0.5) is 0 Å². The third-order valence-electron chi connectivity index (χ3n) is 2.29. The van der Waals surface area contributed by atoms with E-state index in [9.17, 15) is 9.59 Å². The number of carbonyl (C=O) groups is 2. The summed E-state index contributed by atoms with van der Waals surface area (Å²) in [6, 6.07) is 0.140. The zero-order valence-electron chi connectivity index (χ0n) is 10.7. The Morgan fingerprint density at radius 1 is 1.29 bits per heavy atom. The summed E-state index contributed by atoms with van der Waals surface area (Å²) in [6.07, 6.45) is 1.71. The molecule has 0 aliphatic carbocycles. The lowest BCUT2D eigenvalue weighted by Gasteiger charge is -2.20. The Kier molecular flexibility index (Phi) is 11.3. The molecule has 1 unspecified atom stereocenters. The molecule has 0 bridgehead atoms. The third kappa shape index (κ3) is 10.1. The smallest absolute Gasteiger partial charge is 0.317 e. The summed E-state index contributed by atoms with van der Waals surface area (Å²) in [5.74, 6) is -1.01. The fourth-order valence-corrected chi connectivity index (χ4v) is 1.35. The molecule has 0 aliphatic rings. The molecule has 0 rings (SSSR count). The summed E-state index contributed by atoms with van der Waals surface area (Å²) in [6.45, 7) is 6.58. The average molecular weight is 267 g/mol. The molecule has 0 heterocycles. The molecule has 2 N–H and O–H groups in total. The maximum Gasteiger partial charge on any atom is 0.317 e. The van der Waals surface area contributed by atoms with Crippen LogP contribution in [0.3, 0.4) is 0 Å². The fraction of sp³-hybridized carbons (Fsp3) is 0.818. The summed E-state index contributed by atoms with van der Waals surface area (Å²) < 4.78 is 0. The lowest BCUT2D eigenvalue weighted by molar-refractivity contribution is -0.138. The first-order chi connectivity index (χ1) is 7.49. The summed E-state index contributed by atoms with van der Waals surface area (Å²) in [7, 11) is 0. The van der Waals surface area contributed by atoms with Gasteiger partial charge in [0, 0.05) is 6.04 Å². The van der Waals surface area contributed by atoms with E-state index < -0.39 is 5.97 Å². The summed E-state index contributed by atoms with van der Waals surface area (Å²) in [4.78, 5) is 23.7. The average Bonchev–Trinajstić information content (AvgIpc) is 2.16. The third-order valence-corrected chi connectivity index (χ3v) is 2.29. The molecule has 5 nitrogen and oxygen atoms in total. The van der Waals surface area contributed by atoms with Crippen molar-refractivity contribution in [2.75, 3.05) is 19.6 Å². The first-order valence-corrected chi connectivity index (χ1v) is 5.73. The van der Waals surface area contributed by atoms with Crippen LogP contribution < -0.4 is 5.32 Å². The quantitative estimate of drug-likeness (QED) is 0.691. The van der Waals surface area contributed by atoms with E-state index in [-0.39, 0.29) is 37.4 Å². The zero-order valence-corrected chi connectivity index (χ0v) is 11.5. The van der Waals surface area contributed by atoms with Gasteiger partial charge in [-0.05, 0) is 26.3 Å². The summed E-state index contributed by atoms with van der Waals surface area (Å²) >= 11 is 0. The minimum absolute atomic E-state index is 0. The molecule has 6 heteroatoms. The SMILES string of the molecule is CCCN(CC(=O)O)CC(=O)NC(C)CC.Cl. The molecular formula is C11H23ClN2O3. The number of hydrogen-bond donors (Lipinski definition) is 2. The minimum Gasteiger partial charge on any atom is -0.480 e. The Labute approximate surface area is 109 Å².